The number of rotatable bonds is 4. The molecule has 3 rings (SSSR count). The highest BCUT2D eigenvalue weighted by molar-refractivity contribution is 9.10. The van der Waals surface area contributed by atoms with Crippen LogP contribution < -0.4 is 4.74 Å². The number of fused-ring (bicyclic) bond motifs is 1. The molecule has 0 spiro atoms. The SMILES string of the molecule is CCC(Cl)c1cn(CC2Cc3cc(Br)ccc3O2)nn1. The summed E-state index contributed by atoms with van der Waals surface area (Å²) in [5.41, 5.74) is 2.06. The molecule has 106 valence electrons. The van der Waals surface area contributed by atoms with Crippen LogP contribution in [0.25, 0.3) is 0 Å². The van der Waals surface area contributed by atoms with Crippen LogP contribution in [0.3, 0.4) is 0 Å². The van der Waals surface area contributed by atoms with E-state index in [9.17, 15) is 0 Å². The summed E-state index contributed by atoms with van der Waals surface area (Å²) in [6, 6.07) is 6.10. The minimum atomic E-state index is -0.0681. The summed E-state index contributed by atoms with van der Waals surface area (Å²) in [6.07, 6.45) is 3.75. The van der Waals surface area contributed by atoms with Crippen molar-refractivity contribution in [2.45, 2.75) is 37.8 Å². The molecule has 20 heavy (non-hydrogen) atoms. The Morgan fingerprint density at radius 3 is 3.20 bits per heavy atom. The van der Waals surface area contributed by atoms with Gasteiger partial charge in [-0.05, 0) is 30.2 Å². The summed E-state index contributed by atoms with van der Waals surface area (Å²) >= 11 is 9.64. The van der Waals surface area contributed by atoms with E-state index in [4.69, 9.17) is 16.3 Å². The Morgan fingerprint density at radius 1 is 1.55 bits per heavy atom. The Bertz CT molecular complexity index is 616. The zero-order valence-electron chi connectivity index (χ0n) is 11.1. The van der Waals surface area contributed by atoms with Crippen LogP contribution in [0.5, 0.6) is 5.75 Å². The molecule has 2 atom stereocenters. The zero-order valence-corrected chi connectivity index (χ0v) is 13.4. The summed E-state index contributed by atoms with van der Waals surface area (Å²) in [6.45, 7) is 2.72. The summed E-state index contributed by atoms with van der Waals surface area (Å²) in [5.74, 6) is 0.960. The van der Waals surface area contributed by atoms with Gasteiger partial charge in [0.1, 0.15) is 17.5 Å². The van der Waals surface area contributed by atoms with E-state index in [1.54, 1.807) is 0 Å². The molecule has 0 aliphatic carbocycles. The van der Waals surface area contributed by atoms with Crippen LogP contribution in [-0.2, 0) is 13.0 Å². The smallest absolute Gasteiger partial charge is 0.123 e. The Hall–Kier alpha value is -1.07. The number of halogens is 2. The van der Waals surface area contributed by atoms with Crippen LogP contribution >= 0.6 is 27.5 Å². The molecular weight excluding hydrogens is 342 g/mol. The van der Waals surface area contributed by atoms with Gasteiger partial charge in [0, 0.05) is 10.9 Å². The quantitative estimate of drug-likeness (QED) is 0.784. The molecule has 1 aliphatic heterocycles. The lowest BCUT2D eigenvalue weighted by molar-refractivity contribution is 0.202. The van der Waals surface area contributed by atoms with E-state index in [0.29, 0.717) is 6.54 Å². The molecule has 2 unspecified atom stereocenters. The van der Waals surface area contributed by atoms with E-state index < -0.39 is 0 Å². The Kier molecular flexibility index (Phi) is 3.98. The lowest BCUT2D eigenvalue weighted by atomic mass is 10.1. The monoisotopic (exact) mass is 355 g/mol. The van der Waals surface area contributed by atoms with Crippen LogP contribution in [0.4, 0.5) is 0 Å². The van der Waals surface area contributed by atoms with Crippen molar-refractivity contribution in [2.75, 3.05) is 0 Å². The molecule has 2 heterocycles. The predicted octanol–water partition coefficient (Wildman–Crippen LogP) is 3.73. The average molecular weight is 357 g/mol. The number of hydrogen-bond acceptors (Lipinski definition) is 3. The van der Waals surface area contributed by atoms with Gasteiger partial charge in [-0.25, -0.2) is 4.68 Å². The van der Waals surface area contributed by atoms with Crippen LogP contribution in [0.15, 0.2) is 28.9 Å². The maximum absolute atomic E-state index is 6.16. The fraction of sp³-hybridized carbons (Fsp3) is 0.429. The van der Waals surface area contributed by atoms with Gasteiger partial charge < -0.3 is 4.74 Å². The fourth-order valence-corrected chi connectivity index (χ4v) is 2.86. The van der Waals surface area contributed by atoms with Gasteiger partial charge in [0.15, 0.2) is 0 Å². The molecule has 1 aromatic heterocycles. The van der Waals surface area contributed by atoms with Crippen LogP contribution in [-0.4, -0.2) is 21.1 Å². The third-order valence-corrected chi connectivity index (χ3v) is 4.42. The molecule has 1 aromatic carbocycles. The van der Waals surface area contributed by atoms with Crippen LogP contribution in [0.1, 0.15) is 30.0 Å². The highest BCUT2D eigenvalue weighted by atomic mass is 79.9. The second-order valence-electron chi connectivity index (χ2n) is 4.94. The van der Waals surface area contributed by atoms with Crippen molar-refractivity contribution in [1.82, 2.24) is 15.0 Å². The van der Waals surface area contributed by atoms with Crippen molar-refractivity contribution in [3.63, 3.8) is 0 Å². The minimum Gasteiger partial charge on any atom is -0.488 e. The lowest BCUT2D eigenvalue weighted by Crippen LogP contribution is -2.21. The first-order valence-electron chi connectivity index (χ1n) is 6.65. The van der Waals surface area contributed by atoms with Gasteiger partial charge in [-0.1, -0.05) is 28.1 Å². The maximum atomic E-state index is 6.16. The van der Waals surface area contributed by atoms with E-state index in [1.165, 1.54) is 5.56 Å². The van der Waals surface area contributed by atoms with Crippen molar-refractivity contribution in [2.24, 2.45) is 0 Å². The lowest BCUT2D eigenvalue weighted by Gasteiger charge is -2.09. The van der Waals surface area contributed by atoms with Crippen molar-refractivity contribution in [3.05, 3.63) is 40.1 Å². The highest BCUT2D eigenvalue weighted by Crippen LogP contribution is 2.31. The Labute approximate surface area is 131 Å². The highest BCUT2D eigenvalue weighted by Gasteiger charge is 2.24. The average Bonchev–Trinajstić information content (AvgIpc) is 3.04. The molecule has 0 amide bonds. The molecule has 1 aliphatic rings. The molecule has 0 saturated heterocycles. The molecule has 0 N–H and O–H groups in total. The minimum absolute atomic E-state index is 0.0681. The topological polar surface area (TPSA) is 39.9 Å². The molecular formula is C14H15BrClN3O. The number of aromatic nitrogens is 3. The number of nitrogens with zero attached hydrogens (tertiary/aromatic N) is 3. The van der Waals surface area contributed by atoms with Gasteiger partial charge in [0.05, 0.1) is 18.1 Å². The van der Waals surface area contributed by atoms with Crippen molar-refractivity contribution in [3.8, 4) is 5.75 Å². The van der Waals surface area contributed by atoms with E-state index in [0.717, 1.165) is 28.8 Å². The predicted molar refractivity (Wildman–Crippen MR) is 81.2 cm³/mol. The molecule has 4 nitrogen and oxygen atoms in total. The van der Waals surface area contributed by atoms with Crippen molar-refractivity contribution in [1.29, 1.82) is 0 Å². The van der Waals surface area contributed by atoms with Gasteiger partial charge in [-0.2, -0.15) is 0 Å². The number of alkyl halides is 1. The molecule has 0 saturated carbocycles. The summed E-state index contributed by atoms with van der Waals surface area (Å²) in [4.78, 5) is 0. The molecule has 6 heteroatoms. The summed E-state index contributed by atoms with van der Waals surface area (Å²) < 4.78 is 8.81. The molecule has 2 aromatic rings. The first-order chi connectivity index (χ1) is 9.65. The van der Waals surface area contributed by atoms with Crippen LogP contribution in [0.2, 0.25) is 0 Å². The second-order valence-corrected chi connectivity index (χ2v) is 6.38. The van der Waals surface area contributed by atoms with E-state index in [2.05, 4.69) is 32.3 Å². The molecule has 0 bridgehead atoms. The largest absolute Gasteiger partial charge is 0.488 e. The third-order valence-electron chi connectivity index (χ3n) is 3.39. The Balaban J connectivity index is 1.67. The molecule has 0 fully saturated rings. The third kappa shape index (κ3) is 2.83. The Morgan fingerprint density at radius 2 is 2.40 bits per heavy atom. The number of benzene rings is 1. The van der Waals surface area contributed by atoms with Crippen LogP contribution in [0, 0.1) is 0 Å². The summed E-state index contributed by atoms with van der Waals surface area (Å²) in [5, 5.41) is 8.16. The first-order valence-corrected chi connectivity index (χ1v) is 7.88. The van der Waals surface area contributed by atoms with Crippen molar-refractivity contribution >= 4 is 27.5 Å². The van der Waals surface area contributed by atoms with Gasteiger partial charge in [0.2, 0.25) is 0 Å². The summed E-state index contributed by atoms with van der Waals surface area (Å²) in [7, 11) is 0. The maximum Gasteiger partial charge on any atom is 0.123 e. The number of ether oxygens (including phenoxy) is 1. The van der Waals surface area contributed by atoms with Gasteiger partial charge in [-0.15, -0.1) is 16.7 Å². The zero-order chi connectivity index (χ0) is 14.1. The van der Waals surface area contributed by atoms with E-state index >= 15 is 0 Å². The van der Waals surface area contributed by atoms with Gasteiger partial charge >= 0.3 is 0 Å². The molecule has 0 radical (unpaired) electrons. The first kappa shape index (κ1) is 13.9. The second kappa shape index (κ2) is 5.74. The van der Waals surface area contributed by atoms with Gasteiger partial charge in [-0.3, -0.25) is 0 Å². The van der Waals surface area contributed by atoms with E-state index in [1.807, 2.05) is 29.9 Å². The fourth-order valence-electron chi connectivity index (χ4n) is 2.35. The van der Waals surface area contributed by atoms with Gasteiger partial charge in [0.25, 0.3) is 0 Å². The van der Waals surface area contributed by atoms with E-state index in [-0.39, 0.29) is 11.5 Å². The van der Waals surface area contributed by atoms with Crippen molar-refractivity contribution < 1.29 is 4.74 Å². The number of hydrogen-bond donors (Lipinski definition) is 0. The standard InChI is InChI=1S/C14H15BrClN3O/c1-2-12(16)13-8-19(18-17-13)7-11-6-9-5-10(15)3-4-14(9)20-11/h3-5,8,11-12H,2,6-7H2,1H3. The normalized spacial score (nSPS) is 18.6.